The molecule has 1 aromatic carbocycles. The van der Waals surface area contributed by atoms with Crippen LogP contribution in [0.1, 0.15) is 24.8 Å². The van der Waals surface area contributed by atoms with Crippen LogP contribution in [0.5, 0.6) is 0 Å². The van der Waals surface area contributed by atoms with Crippen molar-refractivity contribution in [2.45, 2.75) is 31.4 Å². The molecule has 0 saturated carbocycles. The standard InChI is InChI=1S/C18H21F2NO4S/c19-16-4-1-5-17(20)15(16)6-7-18(22)21(11-14-3-2-9-25-14)13-8-10-26(23,24)12-13/h1,4-7,13-14H,2-3,8-12H2/b7-6+. The van der Waals surface area contributed by atoms with Gasteiger partial charge in [-0.25, -0.2) is 17.2 Å². The van der Waals surface area contributed by atoms with E-state index in [0.717, 1.165) is 37.1 Å². The molecule has 2 unspecified atom stereocenters. The van der Waals surface area contributed by atoms with E-state index < -0.39 is 33.4 Å². The zero-order valence-electron chi connectivity index (χ0n) is 14.2. The first-order valence-electron chi connectivity index (χ1n) is 8.60. The van der Waals surface area contributed by atoms with Crippen molar-refractivity contribution < 1.29 is 26.7 Å². The highest BCUT2D eigenvalue weighted by molar-refractivity contribution is 7.91. The van der Waals surface area contributed by atoms with Crippen LogP contribution in [-0.4, -0.2) is 56.0 Å². The molecule has 2 aliphatic heterocycles. The van der Waals surface area contributed by atoms with Crippen LogP contribution >= 0.6 is 0 Å². The maximum absolute atomic E-state index is 13.7. The van der Waals surface area contributed by atoms with E-state index >= 15 is 0 Å². The molecule has 1 amide bonds. The van der Waals surface area contributed by atoms with Crippen LogP contribution < -0.4 is 0 Å². The Morgan fingerprint density at radius 3 is 2.58 bits per heavy atom. The first kappa shape index (κ1) is 19.0. The highest BCUT2D eigenvalue weighted by Gasteiger charge is 2.35. The molecule has 0 bridgehead atoms. The van der Waals surface area contributed by atoms with E-state index in [0.29, 0.717) is 13.0 Å². The number of hydrogen-bond acceptors (Lipinski definition) is 4. The maximum atomic E-state index is 13.7. The van der Waals surface area contributed by atoms with Gasteiger partial charge >= 0.3 is 0 Å². The van der Waals surface area contributed by atoms with Crippen molar-refractivity contribution in [1.29, 1.82) is 0 Å². The summed E-state index contributed by atoms with van der Waals surface area (Å²) >= 11 is 0. The smallest absolute Gasteiger partial charge is 0.246 e. The van der Waals surface area contributed by atoms with Crippen LogP contribution in [0.2, 0.25) is 0 Å². The highest BCUT2D eigenvalue weighted by Crippen LogP contribution is 2.22. The van der Waals surface area contributed by atoms with Gasteiger partial charge in [0, 0.05) is 30.8 Å². The monoisotopic (exact) mass is 385 g/mol. The van der Waals surface area contributed by atoms with Crippen LogP contribution in [0.15, 0.2) is 24.3 Å². The van der Waals surface area contributed by atoms with Crippen LogP contribution in [0.25, 0.3) is 6.08 Å². The summed E-state index contributed by atoms with van der Waals surface area (Å²) in [5.74, 6) is -2.04. The number of amides is 1. The Balaban J connectivity index is 1.78. The number of nitrogens with zero attached hydrogens (tertiary/aromatic N) is 1. The topological polar surface area (TPSA) is 63.7 Å². The molecule has 3 rings (SSSR count). The van der Waals surface area contributed by atoms with Gasteiger partial charge in [0.15, 0.2) is 9.84 Å². The van der Waals surface area contributed by atoms with Gasteiger partial charge in [-0.05, 0) is 37.5 Å². The Hall–Kier alpha value is -1.80. The van der Waals surface area contributed by atoms with Gasteiger partial charge in [-0.1, -0.05) is 6.07 Å². The zero-order chi connectivity index (χ0) is 18.7. The Morgan fingerprint density at radius 1 is 1.27 bits per heavy atom. The van der Waals surface area contributed by atoms with Crippen LogP contribution in [0, 0.1) is 11.6 Å². The Labute approximate surface area is 151 Å². The Morgan fingerprint density at radius 2 is 2.00 bits per heavy atom. The molecule has 2 heterocycles. The van der Waals surface area contributed by atoms with Crippen molar-refractivity contribution in [3.8, 4) is 0 Å². The molecule has 2 aliphatic rings. The van der Waals surface area contributed by atoms with E-state index in [9.17, 15) is 22.0 Å². The lowest BCUT2D eigenvalue weighted by molar-refractivity contribution is -0.129. The molecule has 0 aromatic heterocycles. The SMILES string of the molecule is O=C(/C=C/c1c(F)cccc1F)N(CC1CCCO1)C1CCS(=O)(=O)C1. The van der Waals surface area contributed by atoms with Crippen molar-refractivity contribution in [1.82, 2.24) is 4.90 Å². The molecule has 8 heteroatoms. The first-order valence-corrected chi connectivity index (χ1v) is 10.4. The van der Waals surface area contributed by atoms with Crippen molar-refractivity contribution in [3.63, 3.8) is 0 Å². The molecule has 1 aromatic rings. The molecule has 0 radical (unpaired) electrons. The summed E-state index contributed by atoms with van der Waals surface area (Å²) in [7, 11) is -3.17. The first-order chi connectivity index (χ1) is 12.4. The molecule has 26 heavy (non-hydrogen) atoms. The number of benzene rings is 1. The fourth-order valence-corrected chi connectivity index (χ4v) is 5.10. The molecular formula is C18H21F2NO4S. The van der Waals surface area contributed by atoms with E-state index in [1.165, 1.54) is 11.0 Å². The molecule has 2 atom stereocenters. The van der Waals surface area contributed by atoms with E-state index in [1.807, 2.05) is 0 Å². The van der Waals surface area contributed by atoms with Crippen molar-refractivity contribution >= 4 is 21.8 Å². The van der Waals surface area contributed by atoms with Crippen LogP contribution in [0.3, 0.4) is 0 Å². The normalized spacial score (nSPS) is 25.0. The predicted octanol–water partition coefficient (Wildman–Crippen LogP) is 2.17. The number of carbonyl (C=O) groups is 1. The van der Waals surface area contributed by atoms with Gasteiger partial charge in [0.05, 0.1) is 17.6 Å². The molecular weight excluding hydrogens is 364 g/mol. The van der Waals surface area contributed by atoms with E-state index in [2.05, 4.69) is 0 Å². The second kappa shape index (κ2) is 7.84. The quantitative estimate of drug-likeness (QED) is 0.729. The number of hydrogen-bond donors (Lipinski definition) is 0. The van der Waals surface area contributed by atoms with Gasteiger partial charge in [-0.15, -0.1) is 0 Å². The minimum atomic E-state index is -3.17. The summed E-state index contributed by atoms with van der Waals surface area (Å²) in [5.41, 5.74) is -0.294. The number of ether oxygens (including phenoxy) is 1. The molecule has 2 saturated heterocycles. The van der Waals surface area contributed by atoms with Crippen molar-refractivity contribution in [3.05, 3.63) is 41.5 Å². The van der Waals surface area contributed by atoms with Gasteiger partial charge in [-0.3, -0.25) is 4.79 Å². The number of rotatable bonds is 5. The summed E-state index contributed by atoms with van der Waals surface area (Å²) in [6.45, 7) is 0.898. The maximum Gasteiger partial charge on any atom is 0.246 e. The minimum Gasteiger partial charge on any atom is -0.376 e. The third kappa shape index (κ3) is 4.48. The number of sulfone groups is 1. The molecule has 0 aliphatic carbocycles. The Kier molecular flexibility index (Phi) is 5.72. The van der Waals surface area contributed by atoms with Crippen molar-refractivity contribution in [2.24, 2.45) is 0 Å². The average Bonchev–Trinajstić information content (AvgIpc) is 3.21. The summed E-state index contributed by atoms with van der Waals surface area (Å²) in [4.78, 5) is 14.1. The van der Waals surface area contributed by atoms with E-state index in [4.69, 9.17) is 4.74 Å². The third-order valence-electron chi connectivity index (χ3n) is 4.75. The highest BCUT2D eigenvalue weighted by atomic mass is 32.2. The third-order valence-corrected chi connectivity index (χ3v) is 6.50. The fourth-order valence-electron chi connectivity index (χ4n) is 3.37. The Bertz CT molecular complexity index is 783. The van der Waals surface area contributed by atoms with Crippen LogP contribution in [0.4, 0.5) is 8.78 Å². The average molecular weight is 385 g/mol. The molecule has 5 nitrogen and oxygen atoms in total. The number of carbonyl (C=O) groups excluding carboxylic acids is 1. The summed E-state index contributed by atoms with van der Waals surface area (Å²) in [6, 6.07) is 3.03. The van der Waals surface area contributed by atoms with Crippen molar-refractivity contribution in [2.75, 3.05) is 24.7 Å². The fraction of sp³-hybridized carbons (Fsp3) is 0.500. The predicted molar refractivity (Wildman–Crippen MR) is 93.1 cm³/mol. The van der Waals surface area contributed by atoms with Gasteiger partial charge in [0.25, 0.3) is 0 Å². The molecule has 2 fully saturated rings. The minimum absolute atomic E-state index is 0.0403. The molecule has 0 spiro atoms. The lowest BCUT2D eigenvalue weighted by Crippen LogP contribution is -2.44. The second-order valence-corrected chi connectivity index (χ2v) is 8.88. The van der Waals surface area contributed by atoms with Gasteiger partial charge in [0.2, 0.25) is 5.91 Å². The zero-order valence-corrected chi connectivity index (χ0v) is 15.1. The molecule has 142 valence electrons. The van der Waals surface area contributed by atoms with E-state index in [-0.39, 0.29) is 29.7 Å². The van der Waals surface area contributed by atoms with Gasteiger partial charge < -0.3 is 9.64 Å². The lowest BCUT2D eigenvalue weighted by Gasteiger charge is -2.29. The van der Waals surface area contributed by atoms with Gasteiger partial charge in [0.1, 0.15) is 11.6 Å². The summed E-state index contributed by atoms with van der Waals surface area (Å²) in [6.07, 6.45) is 4.12. The van der Waals surface area contributed by atoms with E-state index in [1.54, 1.807) is 0 Å². The summed E-state index contributed by atoms with van der Waals surface area (Å²) in [5, 5.41) is 0. The lowest BCUT2D eigenvalue weighted by atomic mass is 10.1. The number of halogens is 2. The van der Waals surface area contributed by atoms with Gasteiger partial charge in [-0.2, -0.15) is 0 Å². The van der Waals surface area contributed by atoms with Crippen LogP contribution in [-0.2, 0) is 19.4 Å². The second-order valence-electron chi connectivity index (χ2n) is 6.65. The summed E-state index contributed by atoms with van der Waals surface area (Å²) < 4.78 is 56.6. The molecule has 0 N–H and O–H groups in total. The largest absolute Gasteiger partial charge is 0.376 e.